The van der Waals surface area contributed by atoms with Crippen LogP contribution in [0.25, 0.3) is 11.1 Å². The number of hydrogen-bond donors (Lipinski definition) is 2. The van der Waals surface area contributed by atoms with Crippen molar-refractivity contribution in [2.24, 2.45) is 5.73 Å². The Morgan fingerprint density at radius 3 is 2.61 bits per heavy atom. The number of likely N-dealkylation sites (N-methyl/N-ethyl adjacent to an activating group) is 1. The van der Waals surface area contributed by atoms with Gasteiger partial charge in [0.15, 0.2) is 0 Å². The van der Waals surface area contributed by atoms with Crippen molar-refractivity contribution in [1.82, 2.24) is 10.2 Å². The lowest BCUT2D eigenvalue weighted by Crippen LogP contribution is -2.40. The van der Waals surface area contributed by atoms with Crippen molar-refractivity contribution in [3.05, 3.63) is 95.1 Å². The molecule has 0 spiro atoms. The Kier molecular flexibility index (Phi) is 5.24. The summed E-state index contributed by atoms with van der Waals surface area (Å²) in [6, 6.07) is 24.3. The lowest BCUT2D eigenvalue weighted by Gasteiger charge is -2.32. The SMILES string of the molecule is CN1Cc2ccccc2C(NC(=O)c2ccc(-c3cccc(CN)c3)cc2)C1. The summed E-state index contributed by atoms with van der Waals surface area (Å²) in [6.45, 7) is 2.25. The minimum absolute atomic E-state index is 0.00311. The highest BCUT2D eigenvalue weighted by atomic mass is 16.1. The first-order valence-electron chi connectivity index (χ1n) is 9.60. The van der Waals surface area contributed by atoms with Gasteiger partial charge in [-0.3, -0.25) is 9.69 Å². The summed E-state index contributed by atoms with van der Waals surface area (Å²) >= 11 is 0. The highest BCUT2D eigenvalue weighted by molar-refractivity contribution is 5.95. The van der Waals surface area contributed by atoms with Crippen LogP contribution < -0.4 is 11.1 Å². The molecule has 3 aromatic rings. The average molecular weight is 371 g/mol. The highest BCUT2D eigenvalue weighted by Crippen LogP contribution is 2.26. The number of carbonyl (C=O) groups is 1. The van der Waals surface area contributed by atoms with Gasteiger partial charge in [0.1, 0.15) is 0 Å². The molecule has 1 amide bonds. The number of nitrogens with one attached hydrogen (secondary N) is 1. The largest absolute Gasteiger partial charge is 0.344 e. The van der Waals surface area contributed by atoms with Crippen molar-refractivity contribution in [2.75, 3.05) is 13.6 Å². The van der Waals surface area contributed by atoms with E-state index in [2.05, 4.69) is 47.6 Å². The molecule has 0 bridgehead atoms. The van der Waals surface area contributed by atoms with Crippen LogP contribution in [0, 0.1) is 0 Å². The maximum absolute atomic E-state index is 12.8. The predicted molar refractivity (Wildman–Crippen MR) is 113 cm³/mol. The summed E-state index contributed by atoms with van der Waals surface area (Å²) < 4.78 is 0. The van der Waals surface area contributed by atoms with E-state index in [0.717, 1.165) is 29.8 Å². The average Bonchev–Trinajstić information content (AvgIpc) is 2.73. The van der Waals surface area contributed by atoms with Gasteiger partial charge in [0.25, 0.3) is 5.91 Å². The molecule has 0 radical (unpaired) electrons. The molecule has 0 fully saturated rings. The molecule has 1 heterocycles. The van der Waals surface area contributed by atoms with E-state index in [9.17, 15) is 4.79 Å². The van der Waals surface area contributed by atoms with Crippen molar-refractivity contribution < 1.29 is 4.79 Å². The molecule has 1 atom stereocenters. The van der Waals surface area contributed by atoms with E-state index in [1.807, 2.05) is 42.5 Å². The Balaban J connectivity index is 1.51. The van der Waals surface area contributed by atoms with Crippen LogP contribution in [0.5, 0.6) is 0 Å². The van der Waals surface area contributed by atoms with Crippen molar-refractivity contribution in [2.45, 2.75) is 19.1 Å². The zero-order valence-electron chi connectivity index (χ0n) is 16.1. The number of rotatable bonds is 4. The molecule has 3 N–H and O–H groups in total. The van der Waals surface area contributed by atoms with E-state index in [1.165, 1.54) is 11.1 Å². The summed E-state index contributed by atoms with van der Waals surface area (Å²) in [5.41, 5.74) is 12.2. The van der Waals surface area contributed by atoms with Crippen molar-refractivity contribution >= 4 is 5.91 Å². The monoisotopic (exact) mass is 371 g/mol. The van der Waals surface area contributed by atoms with Gasteiger partial charge in [0, 0.05) is 25.2 Å². The molecule has 1 unspecified atom stereocenters. The number of amides is 1. The van der Waals surface area contributed by atoms with E-state index >= 15 is 0 Å². The number of nitrogens with two attached hydrogens (primary N) is 1. The van der Waals surface area contributed by atoms with Gasteiger partial charge in [0.05, 0.1) is 6.04 Å². The van der Waals surface area contributed by atoms with Gasteiger partial charge in [0.2, 0.25) is 0 Å². The first kappa shape index (κ1) is 18.4. The number of fused-ring (bicyclic) bond motifs is 1. The maximum atomic E-state index is 12.8. The molecule has 3 aromatic carbocycles. The van der Waals surface area contributed by atoms with E-state index in [-0.39, 0.29) is 11.9 Å². The summed E-state index contributed by atoms with van der Waals surface area (Å²) in [6.07, 6.45) is 0. The molecule has 1 aliphatic rings. The lowest BCUT2D eigenvalue weighted by molar-refractivity contribution is 0.0922. The van der Waals surface area contributed by atoms with Crippen LogP contribution in [-0.4, -0.2) is 24.4 Å². The molecule has 142 valence electrons. The Hall–Kier alpha value is -2.95. The van der Waals surface area contributed by atoms with Gasteiger partial charge in [-0.15, -0.1) is 0 Å². The molecular weight excluding hydrogens is 346 g/mol. The first-order valence-corrected chi connectivity index (χ1v) is 9.60. The smallest absolute Gasteiger partial charge is 0.251 e. The normalized spacial score (nSPS) is 16.4. The molecular formula is C24H25N3O. The summed E-state index contributed by atoms with van der Waals surface area (Å²) in [5.74, 6) is -0.0441. The van der Waals surface area contributed by atoms with Crippen molar-refractivity contribution in [1.29, 1.82) is 0 Å². The fraction of sp³-hybridized carbons (Fsp3) is 0.208. The van der Waals surface area contributed by atoms with Gasteiger partial charge in [-0.05, 0) is 53.1 Å². The second-order valence-corrected chi connectivity index (χ2v) is 7.40. The van der Waals surface area contributed by atoms with Crippen LogP contribution in [-0.2, 0) is 13.1 Å². The molecule has 4 nitrogen and oxygen atoms in total. The van der Waals surface area contributed by atoms with E-state index in [4.69, 9.17) is 5.73 Å². The van der Waals surface area contributed by atoms with Crippen LogP contribution in [0.4, 0.5) is 0 Å². The number of benzene rings is 3. The van der Waals surface area contributed by atoms with E-state index in [0.29, 0.717) is 12.1 Å². The fourth-order valence-electron chi connectivity index (χ4n) is 3.84. The van der Waals surface area contributed by atoms with Crippen LogP contribution >= 0.6 is 0 Å². The second-order valence-electron chi connectivity index (χ2n) is 7.40. The molecule has 4 rings (SSSR count). The van der Waals surface area contributed by atoms with Crippen molar-refractivity contribution in [3.63, 3.8) is 0 Å². The molecule has 1 aliphatic heterocycles. The number of carbonyl (C=O) groups excluding carboxylic acids is 1. The minimum atomic E-state index is -0.0441. The molecule has 4 heteroatoms. The number of nitrogens with zero attached hydrogens (tertiary/aromatic N) is 1. The molecule has 0 aliphatic carbocycles. The minimum Gasteiger partial charge on any atom is -0.344 e. The van der Waals surface area contributed by atoms with Gasteiger partial charge in [-0.2, -0.15) is 0 Å². The standard InChI is InChI=1S/C24H25N3O/c1-27-15-21-6-2-3-8-22(21)23(16-27)26-24(28)19-11-9-18(10-12-19)20-7-4-5-17(13-20)14-25/h2-13,23H,14-16,25H2,1H3,(H,26,28). The summed E-state index contributed by atoms with van der Waals surface area (Å²) in [5, 5.41) is 3.20. The van der Waals surface area contributed by atoms with Crippen LogP contribution in [0.3, 0.4) is 0 Å². The third kappa shape index (κ3) is 3.84. The molecule has 0 saturated heterocycles. The topological polar surface area (TPSA) is 58.4 Å². The zero-order chi connectivity index (χ0) is 19.5. The lowest BCUT2D eigenvalue weighted by atomic mass is 9.95. The fourth-order valence-corrected chi connectivity index (χ4v) is 3.84. The third-order valence-electron chi connectivity index (χ3n) is 5.31. The Morgan fingerprint density at radius 2 is 1.82 bits per heavy atom. The number of hydrogen-bond acceptors (Lipinski definition) is 3. The molecule has 0 saturated carbocycles. The summed E-state index contributed by atoms with van der Waals surface area (Å²) in [4.78, 5) is 15.1. The third-order valence-corrected chi connectivity index (χ3v) is 5.31. The predicted octanol–water partition coefficient (Wildman–Crippen LogP) is 3.73. The van der Waals surface area contributed by atoms with E-state index in [1.54, 1.807) is 0 Å². The Labute approximate surface area is 166 Å². The maximum Gasteiger partial charge on any atom is 0.251 e. The Morgan fingerprint density at radius 1 is 1.04 bits per heavy atom. The second kappa shape index (κ2) is 7.97. The van der Waals surface area contributed by atoms with Crippen LogP contribution in [0.1, 0.15) is 33.1 Å². The highest BCUT2D eigenvalue weighted by Gasteiger charge is 2.24. The molecule has 28 heavy (non-hydrogen) atoms. The van der Waals surface area contributed by atoms with Gasteiger partial charge >= 0.3 is 0 Å². The zero-order valence-corrected chi connectivity index (χ0v) is 16.1. The van der Waals surface area contributed by atoms with Crippen molar-refractivity contribution in [3.8, 4) is 11.1 Å². The van der Waals surface area contributed by atoms with Gasteiger partial charge in [-0.1, -0.05) is 54.6 Å². The quantitative estimate of drug-likeness (QED) is 0.735. The van der Waals surface area contributed by atoms with E-state index < -0.39 is 0 Å². The first-order chi connectivity index (χ1) is 13.6. The van der Waals surface area contributed by atoms with Crippen LogP contribution in [0.15, 0.2) is 72.8 Å². The Bertz CT molecular complexity index is 981. The van der Waals surface area contributed by atoms with Crippen LogP contribution in [0.2, 0.25) is 0 Å². The van der Waals surface area contributed by atoms with Gasteiger partial charge < -0.3 is 11.1 Å². The van der Waals surface area contributed by atoms with Gasteiger partial charge in [-0.25, -0.2) is 0 Å². The summed E-state index contributed by atoms with van der Waals surface area (Å²) in [7, 11) is 2.08. The molecule has 0 aromatic heterocycles.